The molecule has 1 aromatic carbocycles. The van der Waals surface area contributed by atoms with Crippen LogP contribution in [0.15, 0.2) is 53.2 Å². The molecule has 3 rings (SSSR count). The van der Waals surface area contributed by atoms with Crippen molar-refractivity contribution in [3.8, 4) is 5.75 Å². The molecule has 0 aliphatic carbocycles. The van der Waals surface area contributed by atoms with Gasteiger partial charge in [-0.2, -0.15) is 4.98 Å². The van der Waals surface area contributed by atoms with Crippen molar-refractivity contribution in [2.24, 2.45) is 0 Å². The first-order valence-corrected chi connectivity index (χ1v) is 7.79. The Kier molecular flexibility index (Phi) is 4.86. The largest absolute Gasteiger partial charge is 0.496 e. The van der Waals surface area contributed by atoms with Crippen molar-refractivity contribution in [2.45, 2.75) is 25.9 Å². The summed E-state index contributed by atoms with van der Waals surface area (Å²) < 4.78 is 10.7. The number of rotatable bonds is 6. The first kappa shape index (κ1) is 16.1. The number of ether oxygens (including phenoxy) is 1. The second-order valence-electron chi connectivity index (χ2n) is 5.49. The molecule has 0 amide bonds. The Morgan fingerprint density at radius 1 is 1.12 bits per heavy atom. The Morgan fingerprint density at radius 2 is 1.92 bits per heavy atom. The van der Waals surface area contributed by atoms with Gasteiger partial charge in [-0.15, -0.1) is 0 Å². The van der Waals surface area contributed by atoms with Crippen LogP contribution < -0.4 is 10.1 Å². The van der Waals surface area contributed by atoms with E-state index in [1.807, 2.05) is 42.5 Å². The smallest absolute Gasteiger partial charge is 0.223 e. The normalized spacial score (nSPS) is 13.5. The van der Waals surface area contributed by atoms with Crippen LogP contribution in [-0.2, 0) is 0 Å². The van der Waals surface area contributed by atoms with Gasteiger partial charge >= 0.3 is 0 Å². The number of methoxy groups -OCH3 is 1. The molecule has 0 radical (unpaired) electrons. The summed E-state index contributed by atoms with van der Waals surface area (Å²) in [5.41, 5.74) is 1.89. The van der Waals surface area contributed by atoms with E-state index in [1.54, 1.807) is 20.2 Å². The summed E-state index contributed by atoms with van der Waals surface area (Å²) >= 11 is 0. The molecule has 124 valence electrons. The van der Waals surface area contributed by atoms with Gasteiger partial charge in [0.2, 0.25) is 5.89 Å². The molecule has 2 atom stereocenters. The Balaban J connectivity index is 1.96. The van der Waals surface area contributed by atoms with Crippen LogP contribution in [0.2, 0.25) is 0 Å². The van der Waals surface area contributed by atoms with Crippen molar-refractivity contribution in [2.75, 3.05) is 7.11 Å². The summed E-state index contributed by atoms with van der Waals surface area (Å²) in [5.74, 6) is 1.86. The lowest BCUT2D eigenvalue weighted by Gasteiger charge is -2.22. The molecule has 0 saturated carbocycles. The van der Waals surface area contributed by atoms with Crippen LogP contribution in [0.4, 0.5) is 0 Å². The molecule has 0 bridgehead atoms. The number of nitrogens with zero attached hydrogens (tertiary/aromatic N) is 3. The highest BCUT2D eigenvalue weighted by Gasteiger charge is 2.25. The molecule has 2 heterocycles. The van der Waals surface area contributed by atoms with Crippen molar-refractivity contribution in [1.29, 1.82) is 0 Å². The minimum absolute atomic E-state index is 0.0000756. The Hall–Kier alpha value is -2.73. The number of aryl methyl sites for hydroxylation is 1. The summed E-state index contributed by atoms with van der Waals surface area (Å²) in [4.78, 5) is 8.80. The lowest BCUT2D eigenvalue weighted by molar-refractivity contribution is 0.371. The third-order valence-corrected chi connectivity index (χ3v) is 3.80. The third kappa shape index (κ3) is 3.44. The Morgan fingerprint density at radius 3 is 2.58 bits per heavy atom. The highest BCUT2D eigenvalue weighted by molar-refractivity contribution is 5.39. The summed E-state index contributed by atoms with van der Waals surface area (Å²) in [6.45, 7) is 3.83. The molecule has 0 unspecified atom stereocenters. The molecule has 0 spiro atoms. The van der Waals surface area contributed by atoms with Crippen molar-refractivity contribution in [3.63, 3.8) is 0 Å². The first-order chi connectivity index (χ1) is 11.7. The third-order valence-electron chi connectivity index (χ3n) is 3.80. The highest BCUT2D eigenvalue weighted by Crippen LogP contribution is 2.30. The fourth-order valence-electron chi connectivity index (χ4n) is 2.61. The molecule has 2 aromatic heterocycles. The van der Waals surface area contributed by atoms with E-state index in [4.69, 9.17) is 9.26 Å². The van der Waals surface area contributed by atoms with Crippen LogP contribution in [0.5, 0.6) is 5.75 Å². The molecule has 0 saturated heterocycles. The lowest BCUT2D eigenvalue weighted by Crippen LogP contribution is -2.27. The van der Waals surface area contributed by atoms with Crippen molar-refractivity contribution in [3.05, 3.63) is 71.6 Å². The molecular weight excluding hydrogens is 304 g/mol. The fraction of sp³-hybridized carbons (Fsp3) is 0.278. The molecular formula is C18H20N4O2. The quantitative estimate of drug-likeness (QED) is 0.750. The summed E-state index contributed by atoms with van der Waals surface area (Å²) in [6, 6.07) is 13.4. The average Bonchev–Trinajstić information content (AvgIpc) is 3.06. The van der Waals surface area contributed by atoms with Gasteiger partial charge in [-0.1, -0.05) is 29.4 Å². The zero-order valence-electron chi connectivity index (χ0n) is 13.9. The molecule has 0 aliphatic rings. The predicted octanol–water partition coefficient (Wildman–Crippen LogP) is 3.22. The van der Waals surface area contributed by atoms with Crippen LogP contribution in [-0.4, -0.2) is 22.2 Å². The van der Waals surface area contributed by atoms with Crippen LogP contribution in [0, 0.1) is 6.92 Å². The van der Waals surface area contributed by atoms with Gasteiger partial charge < -0.3 is 9.26 Å². The first-order valence-electron chi connectivity index (χ1n) is 7.79. The minimum atomic E-state index is -0.268. The van der Waals surface area contributed by atoms with E-state index < -0.39 is 0 Å². The molecule has 0 fully saturated rings. The van der Waals surface area contributed by atoms with Gasteiger partial charge in [0.15, 0.2) is 5.82 Å². The van der Waals surface area contributed by atoms with Gasteiger partial charge in [-0.05, 0) is 25.1 Å². The van der Waals surface area contributed by atoms with Crippen LogP contribution in [0.25, 0.3) is 0 Å². The molecule has 24 heavy (non-hydrogen) atoms. The number of benzene rings is 1. The van der Waals surface area contributed by atoms with Crippen LogP contribution in [0.1, 0.15) is 42.0 Å². The number of hydrogen-bond acceptors (Lipinski definition) is 6. The van der Waals surface area contributed by atoms with Crippen molar-refractivity contribution >= 4 is 0 Å². The highest BCUT2D eigenvalue weighted by atomic mass is 16.5. The summed E-state index contributed by atoms with van der Waals surface area (Å²) in [6.07, 6.45) is 1.78. The Labute approximate surface area is 140 Å². The van der Waals surface area contributed by atoms with Crippen molar-refractivity contribution in [1.82, 2.24) is 20.4 Å². The maximum atomic E-state index is 5.50. The van der Waals surface area contributed by atoms with Crippen LogP contribution in [0.3, 0.4) is 0 Å². The Bertz CT molecular complexity index is 788. The molecule has 0 aliphatic heterocycles. The number of hydrogen-bond donors (Lipinski definition) is 1. The standard InChI is InChI=1S/C18H20N4O2/c1-12(15-9-6-7-11-19-15)20-17(18-21-13(2)24-22-18)14-8-4-5-10-16(14)23-3/h4-12,17,20H,1-3H3/t12-,17-/m0/s1. The van der Waals surface area contributed by atoms with Crippen LogP contribution >= 0.6 is 0 Å². The lowest BCUT2D eigenvalue weighted by atomic mass is 10.0. The maximum absolute atomic E-state index is 5.50. The number of para-hydroxylation sites is 1. The maximum Gasteiger partial charge on any atom is 0.223 e. The minimum Gasteiger partial charge on any atom is -0.496 e. The van der Waals surface area contributed by atoms with Gasteiger partial charge in [-0.25, -0.2) is 0 Å². The van der Waals surface area contributed by atoms with Gasteiger partial charge in [0.1, 0.15) is 11.8 Å². The zero-order valence-corrected chi connectivity index (χ0v) is 13.9. The average molecular weight is 324 g/mol. The monoisotopic (exact) mass is 324 g/mol. The van der Waals surface area contributed by atoms with Gasteiger partial charge in [0.25, 0.3) is 0 Å². The molecule has 1 N–H and O–H groups in total. The number of aromatic nitrogens is 3. The van der Waals surface area contributed by atoms with Gasteiger partial charge in [-0.3, -0.25) is 10.3 Å². The van der Waals surface area contributed by atoms with E-state index in [1.165, 1.54) is 0 Å². The van der Waals surface area contributed by atoms with Crippen molar-refractivity contribution < 1.29 is 9.26 Å². The summed E-state index contributed by atoms with van der Waals surface area (Å²) in [5, 5.41) is 7.62. The van der Waals surface area contributed by atoms with E-state index in [9.17, 15) is 0 Å². The van der Waals surface area contributed by atoms with Gasteiger partial charge in [0, 0.05) is 24.7 Å². The van der Waals surface area contributed by atoms with E-state index in [0.29, 0.717) is 11.7 Å². The molecule has 6 nitrogen and oxygen atoms in total. The summed E-state index contributed by atoms with van der Waals surface area (Å²) in [7, 11) is 1.65. The molecule has 3 aromatic rings. The topological polar surface area (TPSA) is 73.1 Å². The van der Waals surface area contributed by atoms with Gasteiger partial charge in [0.05, 0.1) is 12.8 Å². The fourth-order valence-corrected chi connectivity index (χ4v) is 2.61. The number of nitrogens with one attached hydrogen (secondary N) is 1. The van der Waals surface area contributed by atoms with E-state index in [0.717, 1.165) is 17.0 Å². The van der Waals surface area contributed by atoms with E-state index in [-0.39, 0.29) is 12.1 Å². The predicted molar refractivity (Wildman–Crippen MR) is 89.7 cm³/mol. The second-order valence-corrected chi connectivity index (χ2v) is 5.49. The SMILES string of the molecule is COc1ccccc1[C@H](N[C@@H](C)c1ccccn1)c1noc(C)n1. The second kappa shape index (κ2) is 7.23. The number of pyridine rings is 1. The van der Waals surface area contributed by atoms with E-state index in [2.05, 4.69) is 27.4 Å². The molecule has 6 heteroatoms. The zero-order chi connectivity index (χ0) is 16.9. The van der Waals surface area contributed by atoms with E-state index >= 15 is 0 Å².